The number of nitrogens with one attached hydrogen (secondary N) is 1. The molecule has 0 aliphatic carbocycles. The van der Waals surface area contributed by atoms with E-state index in [2.05, 4.69) is 15.3 Å². The number of pyridine rings is 1. The Morgan fingerprint density at radius 2 is 2.22 bits per heavy atom. The van der Waals surface area contributed by atoms with E-state index in [0.717, 1.165) is 17.0 Å². The number of carbonyl (C=O) groups excluding carboxylic acids is 1. The molecule has 0 saturated heterocycles. The highest BCUT2D eigenvalue weighted by atomic mass is 35.5. The number of methoxy groups -OCH3 is 1. The summed E-state index contributed by atoms with van der Waals surface area (Å²) in [4.78, 5) is 21.2. The van der Waals surface area contributed by atoms with E-state index in [4.69, 9.17) is 21.1 Å². The molecule has 3 heterocycles. The molecule has 1 aromatic carbocycles. The second-order valence-electron chi connectivity index (χ2n) is 6.17. The largest absolute Gasteiger partial charge is 0.491 e. The van der Waals surface area contributed by atoms with Crippen molar-refractivity contribution in [3.8, 4) is 17.3 Å². The normalized spacial score (nSPS) is 15.1. The van der Waals surface area contributed by atoms with Gasteiger partial charge in [-0.3, -0.25) is 4.79 Å². The number of carbonyl (C=O) groups is 1. The maximum atomic E-state index is 12.7. The highest BCUT2D eigenvalue weighted by molar-refractivity contribution is 6.30. The fourth-order valence-corrected chi connectivity index (χ4v) is 3.18. The molecule has 7 nitrogen and oxygen atoms in total. The molecule has 0 saturated carbocycles. The highest BCUT2D eigenvalue weighted by Crippen LogP contribution is 2.34. The number of benzene rings is 1. The lowest BCUT2D eigenvalue weighted by Crippen LogP contribution is -2.30. The molecule has 1 atom stereocenters. The van der Waals surface area contributed by atoms with Gasteiger partial charge in [0.05, 0.1) is 25.2 Å². The first-order chi connectivity index (χ1) is 13.0. The molecule has 0 bridgehead atoms. The molecule has 138 valence electrons. The van der Waals surface area contributed by atoms with Crippen LogP contribution >= 0.6 is 11.6 Å². The van der Waals surface area contributed by atoms with Gasteiger partial charge in [-0.1, -0.05) is 11.6 Å². The molecule has 2 aromatic heterocycles. The number of hydrogen-bond donors (Lipinski definition) is 1. The van der Waals surface area contributed by atoms with E-state index < -0.39 is 0 Å². The van der Waals surface area contributed by atoms with Crippen LogP contribution in [0.1, 0.15) is 27.8 Å². The van der Waals surface area contributed by atoms with Gasteiger partial charge in [0.25, 0.3) is 5.91 Å². The lowest BCUT2D eigenvalue weighted by molar-refractivity contribution is 0.0924. The van der Waals surface area contributed by atoms with Crippen molar-refractivity contribution in [1.82, 2.24) is 19.9 Å². The zero-order valence-electron chi connectivity index (χ0n) is 14.8. The summed E-state index contributed by atoms with van der Waals surface area (Å²) in [5.41, 5.74) is 2.68. The summed E-state index contributed by atoms with van der Waals surface area (Å²) in [5, 5.41) is 3.53. The number of nitrogens with zero attached hydrogens (tertiary/aromatic N) is 3. The molecule has 4 rings (SSSR count). The van der Waals surface area contributed by atoms with Crippen molar-refractivity contribution in [2.75, 3.05) is 13.7 Å². The molecule has 0 fully saturated rings. The van der Waals surface area contributed by atoms with Crippen molar-refractivity contribution in [1.29, 1.82) is 0 Å². The van der Waals surface area contributed by atoms with Gasteiger partial charge in [0.1, 0.15) is 23.7 Å². The third-order valence-corrected chi connectivity index (χ3v) is 4.55. The van der Waals surface area contributed by atoms with Gasteiger partial charge in [-0.25, -0.2) is 9.97 Å². The molecule has 1 amide bonds. The van der Waals surface area contributed by atoms with Gasteiger partial charge in [0.2, 0.25) is 5.88 Å². The average Bonchev–Trinajstić information content (AvgIpc) is 3.27. The molecule has 1 N–H and O–H groups in total. The van der Waals surface area contributed by atoms with E-state index in [9.17, 15) is 4.79 Å². The van der Waals surface area contributed by atoms with Gasteiger partial charge < -0.3 is 19.4 Å². The molecular weight excluding hydrogens is 368 g/mol. The van der Waals surface area contributed by atoms with Gasteiger partial charge in [0.15, 0.2) is 0 Å². The van der Waals surface area contributed by atoms with E-state index >= 15 is 0 Å². The molecule has 3 aromatic rings. The summed E-state index contributed by atoms with van der Waals surface area (Å²) in [6, 6.07) is 8.50. The smallest absolute Gasteiger partial charge is 0.270 e. The molecule has 1 aliphatic heterocycles. The predicted molar refractivity (Wildman–Crippen MR) is 99.8 cm³/mol. The topological polar surface area (TPSA) is 78.3 Å². The molecule has 8 heteroatoms. The minimum atomic E-state index is -0.317. The number of fused-ring (bicyclic) bond motifs is 1. The van der Waals surface area contributed by atoms with Crippen molar-refractivity contribution in [3.63, 3.8) is 0 Å². The fourth-order valence-electron chi connectivity index (χ4n) is 3.00. The Labute approximate surface area is 160 Å². The predicted octanol–water partition coefficient (Wildman–Crippen LogP) is 3.10. The fraction of sp³-hybridized carbons (Fsp3) is 0.211. The van der Waals surface area contributed by atoms with Crippen LogP contribution in [0.3, 0.4) is 0 Å². The maximum absolute atomic E-state index is 12.7. The molecule has 0 spiro atoms. The SMILES string of the molecule is COc1nc(C(=O)N[C@@H]2COc3ccc(Cl)cc32)ccc1-n1cnc(C)c1. The zero-order valence-corrected chi connectivity index (χ0v) is 15.5. The third kappa shape index (κ3) is 3.33. The Kier molecular flexibility index (Phi) is 4.45. The van der Waals surface area contributed by atoms with Crippen molar-refractivity contribution in [2.45, 2.75) is 13.0 Å². The zero-order chi connectivity index (χ0) is 19.0. The van der Waals surface area contributed by atoms with Crippen LogP contribution in [-0.2, 0) is 0 Å². The molecule has 27 heavy (non-hydrogen) atoms. The lowest BCUT2D eigenvalue weighted by Gasteiger charge is -2.13. The van der Waals surface area contributed by atoms with Crippen molar-refractivity contribution < 1.29 is 14.3 Å². The van der Waals surface area contributed by atoms with Gasteiger partial charge in [-0.15, -0.1) is 0 Å². The number of imidazole rings is 1. The standard InChI is InChI=1S/C19H17ClN4O3/c1-11-8-24(10-21-11)16-5-4-14(23-19(16)26-2)18(25)22-15-9-27-17-6-3-12(20)7-13(15)17/h3-8,10,15H,9H2,1-2H3,(H,22,25)/t15-/m1/s1. The second kappa shape index (κ2) is 6.92. The van der Waals surface area contributed by atoms with Crippen LogP contribution in [0.5, 0.6) is 11.6 Å². The molecule has 1 aliphatic rings. The number of halogens is 1. The van der Waals surface area contributed by atoms with Gasteiger partial charge in [0, 0.05) is 16.8 Å². The van der Waals surface area contributed by atoms with Crippen molar-refractivity contribution in [2.24, 2.45) is 0 Å². The summed E-state index contributed by atoms with van der Waals surface area (Å²) in [6.45, 7) is 2.25. The molecular formula is C19H17ClN4O3. The molecule has 0 radical (unpaired) electrons. The van der Waals surface area contributed by atoms with Gasteiger partial charge in [-0.2, -0.15) is 0 Å². The number of aryl methyl sites for hydroxylation is 1. The van der Waals surface area contributed by atoms with Crippen LogP contribution in [0.4, 0.5) is 0 Å². The second-order valence-corrected chi connectivity index (χ2v) is 6.60. The summed E-state index contributed by atoms with van der Waals surface area (Å²) >= 11 is 6.05. The Morgan fingerprint density at radius 1 is 1.37 bits per heavy atom. The number of rotatable bonds is 4. The summed E-state index contributed by atoms with van der Waals surface area (Å²) in [6.07, 6.45) is 3.53. The summed E-state index contributed by atoms with van der Waals surface area (Å²) < 4.78 is 12.8. The van der Waals surface area contributed by atoms with Crippen LogP contribution in [-0.4, -0.2) is 34.2 Å². The van der Waals surface area contributed by atoms with Gasteiger partial charge in [-0.05, 0) is 37.3 Å². The monoisotopic (exact) mass is 384 g/mol. The van der Waals surface area contributed by atoms with Crippen LogP contribution < -0.4 is 14.8 Å². The van der Waals surface area contributed by atoms with Crippen LogP contribution in [0.2, 0.25) is 5.02 Å². The number of aromatic nitrogens is 3. The third-order valence-electron chi connectivity index (χ3n) is 4.31. The lowest BCUT2D eigenvalue weighted by atomic mass is 10.1. The van der Waals surface area contributed by atoms with E-state index in [1.54, 1.807) is 41.2 Å². The van der Waals surface area contributed by atoms with Gasteiger partial charge >= 0.3 is 0 Å². The minimum Gasteiger partial charge on any atom is -0.491 e. The minimum absolute atomic E-state index is 0.253. The molecule has 0 unspecified atom stereocenters. The summed E-state index contributed by atoms with van der Waals surface area (Å²) in [5.74, 6) is 0.746. The van der Waals surface area contributed by atoms with Crippen LogP contribution in [0.25, 0.3) is 5.69 Å². The maximum Gasteiger partial charge on any atom is 0.270 e. The average molecular weight is 385 g/mol. The van der Waals surface area contributed by atoms with E-state index in [0.29, 0.717) is 23.2 Å². The van der Waals surface area contributed by atoms with Crippen LogP contribution in [0, 0.1) is 6.92 Å². The van der Waals surface area contributed by atoms with Crippen molar-refractivity contribution >= 4 is 17.5 Å². The van der Waals surface area contributed by atoms with E-state index in [1.165, 1.54) is 7.11 Å². The Bertz CT molecular complexity index is 1020. The Morgan fingerprint density at radius 3 is 2.96 bits per heavy atom. The highest BCUT2D eigenvalue weighted by Gasteiger charge is 2.27. The Hall–Kier alpha value is -3.06. The Balaban J connectivity index is 1.57. The first-order valence-electron chi connectivity index (χ1n) is 8.34. The number of ether oxygens (including phenoxy) is 2. The summed E-state index contributed by atoms with van der Waals surface area (Å²) in [7, 11) is 1.51. The first kappa shape index (κ1) is 17.4. The van der Waals surface area contributed by atoms with E-state index in [-0.39, 0.29) is 17.6 Å². The quantitative estimate of drug-likeness (QED) is 0.747. The first-order valence-corrected chi connectivity index (χ1v) is 8.72. The van der Waals surface area contributed by atoms with E-state index in [1.807, 2.05) is 13.1 Å². The number of hydrogen-bond acceptors (Lipinski definition) is 5. The van der Waals surface area contributed by atoms with Crippen molar-refractivity contribution in [3.05, 3.63) is 64.8 Å². The number of amides is 1. The van der Waals surface area contributed by atoms with Crippen LogP contribution in [0.15, 0.2) is 42.9 Å².